The number of Topliss-reactive ketones (excluding diaryl/α,β-unsaturated/α-hetero) is 1. The number of carbonyl (C=O) groups is 2. The monoisotopic (exact) mass is 384 g/mol. The number of aryl methyl sites for hydroxylation is 1. The number of allylic oxidation sites excluding steroid dienone is 1. The number of hydrogen-bond donors (Lipinski definition) is 1. The van der Waals surface area contributed by atoms with Gasteiger partial charge in [-0.2, -0.15) is 5.26 Å². The summed E-state index contributed by atoms with van der Waals surface area (Å²) >= 11 is 1.31. The number of hydrogen-bond acceptors (Lipinski definition) is 6. The van der Waals surface area contributed by atoms with Gasteiger partial charge in [-0.25, -0.2) is 0 Å². The van der Waals surface area contributed by atoms with E-state index in [0.717, 1.165) is 5.56 Å². The van der Waals surface area contributed by atoms with Crippen molar-refractivity contribution in [1.82, 2.24) is 5.32 Å². The molecule has 0 radical (unpaired) electrons. The van der Waals surface area contributed by atoms with Crippen LogP contribution in [0.15, 0.2) is 35.2 Å². The molecular formula is C20H20N2O4S. The molecule has 0 atom stereocenters. The molecule has 2 rings (SSSR count). The largest absolute Gasteiger partial charge is 0.493 e. The van der Waals surface area contributed by atoms with Crippen LogP contribution in [0.1, 0.15) is 27.7 Å². The van der Waals surface area contributed by atoms with E-state index in [2.05, 4.69) is 5.32 Å². The van der Waals surface area contributed by atoms with Gasteiger partial charge in [-0.05, 0) is 54.6 Å². The van der Waals surface area contributed by atoms with Gasteiger partial charge >= 0.3 is 0 Å². The molecule has 6 nitrogen and oxygen atoms in total. The molecule has 0 unspecified atom stereocenters. The van der Waals surface area contributed by atoms with E-state index in [0.29, 0.717) is 28.5 Å². The molecule has 0 aliphatic rings. The van der Waals surface area contributed by atoms with Gasteiger partial charge in [0.1, 0.15) is 11.6 Å². The number of nitrogens with one attached hydrogen (secondary N) is 1. The normalized spacial score (nSPS) is 10.8. The van der Waals surface area contributed by atoms with Gasteiger partial charge in [-0.1, -0.05) is 6.07 Å². The smallest absolute Gasteiger partial charge is 0.257 e. The number of methoxy groups -OCH3 is 1. The zero-order valence-electron chi connectivity index (χ0n) is 15.4. The second-order valence-corrected chi connectivity index (χ2v) is 6.50. The third kappa shape index (κ3) is 5.19. The van der Waals surface area contributed by atoms with Gasteiger partial charge in [0.25, 0.3) is 5.91 Å². The van der Waals surface area contributed by atoms with Gasteiger partial charge in [-0.3, -0.25) is 9.59 Å². The van der Waals surface area contributed by atoms with E-state index in [1.807, 2.05) is 31.4 Å². The Morgan fingerprint density at radius 3 is 2.67 bits per heavy atom. The van der Waals surface area contributed by atoms with Crippen LogP contribution in [0, 0.1) is 18.3 Å². The molecule has 1 heterocycles. The average Bonchev–Trinajstić information content (AvgIpc) is 3.10. The van der Waals surface area contributed by atoms with Crippen molar-refractivity contribution in [2.75, 3.05) is 20.3 Å². The highest BCUT2D eigenvalue weighted by atomic mass is 32.1. The summed E-state index contributed by atoms with van der Waals surface area (Å²) in [5, 5.41) is 13.9. The van der Waals surface area contributed by atoms with Gasteiger partial charge in [-0.15, -0.1) is 11.3 Å². The fourth-order valence-electron chi connectivity index (χ4n) is 2.33. The number of amides is 1. The number of ether oxygens (including phenoxy) is 2. The zero-order chi connectivity index (χ0) is 19.8. The lowest BCUT2D eigenvalue weighted by Gasteiger charge is -2.11. The molecule has 7 heteroatoms. The fraction of sp³-hybridized carbons (Fsp3) is 0.250. The summed E-state index contributed by atoms with van der Waals surface area (Å²) in [5.41, 5.74) is 1.51. The predicted molar refractivity (Wildman–Crippen MR) is 104 cm³/mol. The van der Waals surface area contributed by atoms with Crippen molar-refractivity contribution in [2.24, 2.45) is 0 Å². The van der Waals surface area contributed by atoms with Crippen molar-refractivity contribution in [2.45, 2.75) is 13.8 Å². The number of carbonyl (C=O) groups excluding carboxylic acids is 2. The molecule has 0 bridgehead atoms. The van der Waals surface area contributed by atoms with Crippen LogP contribution in [0.2, 0.25) is 0 Å². The van der Waals surface area contributed by atoms with E-state index in [1.54, 1.807) is 18.2 Å². The fourth-order valence-corrected chi connectivity index (χ4v) is 3.21. The molecule has 0 saturated carbocycles. The van der Waals surface area contributed by atoms with Gasteiger partial charge in [0.15, 0.2) is 18.1 Å². The maximum Gasteiger partial charge on any atom is 0.257 e. The third-order valence-electron chi connectivity index (χ3n) is 3.66. The van der Waals surface area contributed by atoms with Crippen LogP contribution in [0.5, 0.6) is 11.5 Å². The van der Waals surface area contributed by atoms with Crippen LogP contribution in [0.4, 0.5) is 0 Å². The average molecular weight is 384 g/mol. The molecule has 27 heavy (non-hydrogen) atoms. The lowest BCUT2D eigenvalue weighted by Crippen LogP contribution is -2.28. The molecule has 0 aliphatic carbocycles. The first-order valence-electron chi connectivity index (χ1n) is 8.28. The van der Waals surface area contributed by atoms with Crippen molar-refractivity contribution < 1.29 is 19.1 Å². The minimum atomic E-state index is -0.305. The maximum atomic E-state index is 12.5. The maximum absolute atomic E-state index is 12.5. The highest BCUT2D eigenvalue weighted by Gasteiger charge is 2.16. The molecule has 0 aliphatic heterocycles. The Morgan fingerprint density at radius 2 is 2.07 bits per heavy atom. The summed E-state index contributed by atoms with van der Waals surface area (Å²) in [6, 6.07) is 8.80. The number of ketones is 1. The topological polar surface area (TPSA) is 88.4 Å². The standard InChI is InChI=1S/C20H20N2O4S/c1-4-22-18(23)12-26-16-6-5-14(10-17(16)25-3)9-15(11-21)19(24)20-13(2)7-8-27-20/h5-10H,4,12H2,1-3H3,(H,22,23)/b15-9-. The summed E-state index contributed by atoms with van der Waals surface area (Å²) in [6.07, 6.45) is 1.51. The molecule has 1 N–H and O–H groups in total. The van der Waals surface area contributed by atoms with Crippen molar-refractivity contribution in [3.8, 4) is 17.6 Å². The lowest BCUT2D eigenvalue weighted by atomic mass is 10.0. The number of nitrogens with zero attached hydrogens (tertiary/aromatic N) is 1. The van der Waals surface area contributed by atoms with Crippen LogP contribution in [-0.4, -0.2) is 32.0 Å². The van der Waals surface area contributed by atoms with E-state index >= 15 is 0 Å². The molecule has 1 amide bonds. The van der Waals surface area contributed by atoms with Crippen LogP contribution in [0.3, 0.4) is 0 Å². The lowest BCUT2D eigenvalue weighted by molar-refractivity contribution is -0.123. The predicted octanol–water partition coefficient (Wildman–Crippen LogP) is 3.37. The number of rotatable bonds is 8. The van der Waals surface area contributed by atoms with Crippen LogP contribution in [0.25, 0.3) is 6.08 Å². The summed E-state index contributed by atoms with van der Waals surface area (Å²) < 4.78 is 10.8. The van der Waals surface area contributed by atoms with Crippen LogP contribution in [-0.2, 0) is 4.79 Å². The Kier molecular flexibility index (Phi) is 7.15. The van der Waals surface area contributed by atoms with Crippen molar-refractivity contribution in [3.05, 3.63) is 51.2 Å². The van der Waals surface area contributed by atoms with Gasteiger partial charge in [0.2, 0.25) is 5.78 Å². The highest BCUT2D eigenvalue weighted by Crippen LogP contribution is 2.29. The second-order valence-electron chi connectivity index (χ2n) is 5.58. The molecule has 1 aromatic carbocycles. The first-order valence-corrected chi connectivity index (χ1v) is 9.16. The van der Waals surface area contributed by atoms with Crippen molar-refractivity contribution in [3.63, 3.8) is 0 Å². The minimum absolute atomic E-state index is 0.0404. The van der Waals surface area contributed by atoms with Crippen molar-refractivity contribution >= 4 is 29.1 Å². The first kappa shape index (κ1) is 20.2. The Bertz CT molecular complexity index is 909. The number of benzene rings is 1. The quantitative estimate of drug-likeness (QED) is 0.428. The Hall–Kier alpha value is -3.11. The molecule has 0 spiro atoms. The van der Waals surface area contributed by atoms with Gasteiger partial charge in [0.05, 0.1) is 12.0 Å². The second kappa shape index (κ2) is 9.55. The summed E-state index contributed by atoms with van der Waals surface area (Å²) in [4.78, 5) is 24.6. The molecule has 0 fully saturated rings. The number of thiophene rings is 1. The van der Waals surface area contributed by atoms with E-state index in [4.69, 9.17) is 9.47 Å². The summed E-state index contributed by atoms with van der Waals surface area (Å²) in [5.74, 6) is 0.276. The van der Waals surface area contributed by atoms with E-state index in [1.165, 1.54) is 24.5 Å². The Labute approximate surface area is 162 Å². The molecular weight excluding hydrogens is 364 g/mol. The highest BCUT2D eigenvalue weighted by molar-refractivity contribution is 7.12. The van der Waals surface area contributed by atoms with E-state index < -0.39 is 0 Å². The molecule has 2 aromatic rings. The van der Waals surface area contributed by atoms with Crippen molar-refractivity contribution in [1.29, 1.82) is 5.26 Å². The number of likely N-dealkylation sites (N-methyl/N-ethyl adjacent to an activating group) is 1. The number of nitriles is 1. The van der Waals surface area contributed by atoms with E-state index in [9.17, 15) is 14.9 Å². The Balaban J connectivity index is 2.24. The molecule has 0 saturated heterocycles. The molecule has 1 aromatic heterocycles. The van der Waals surface area contributed by atoms with E-state index in [-0.39, 0.29) is 23.9 Å². The summed E-state index contributed by atoms with van der Waals surface area (Å²) in [7, 11) is 1.48. The third-order valence-corrected chi connectivity index (χ3v) is 4.68. The molecule has 140 valence electrons. The summed E-state index contributed by atoms with van der Waals surface area (Å²) in [6.45, 7) is 4.06. The zero-order valence-corrected chi connectivity index (χ0v) is 16.2. The minimum Gasteiger partial charge on any atom is -0.493 e. The first-order chi connectivity index (χ1) is 13.0. The van der Waals surface area contributed by atoms with Crippen LogP contribution >= 0.6 is 11.3 Å². The van der Waals surface area contributed by atoms with Crippen LogP contribution < -0.4 is 14.8 Å². The van der Waals surface area contributed by atoms with Gasteiger partial charge in [0, 0.05) is 6.54 Å². The Morgan fingerprint density at radius 1 is 1.30 bits per heavy atom. The van der Waals surface area contributed by atoms with Gasteiger partial charge < -0.3 is 14.8 Å². The SMILES string of the molecule is CCNC(=O)COc1ccc(/C=C(/C#N)C(=O)c2sccc2C)cc1OC.